The van der Waals surface area contributed by atoms with Crippen LogP contribution >= 0.6 is 11.6 Å². The Kier molecular flexibility index (Phi) is 4.26. The molecule has 0 bridgehead atoms. The number of hydrogen-bond donors (Lipinski definition) is 1. The lowest BCUT2D eigenvalue weighted by Gasteiger charge is -2.32. The van der Waals surface area contributed by atoms with Crippen molar-refractivity contribution in [1.29, 1.82) is 0 Å². The van der Waals surface area contributed by atoms with Crippen LogP contribution in [0.15, 0.2) is 53.9 Å². The minimum Gasteiger partial charge on any atom is -0.362 e. The quantitative estimate of drug-likeness (QED) is 0.883. The molecule has 0 radical (unpaired) electrons. The van der Waals surface area contributed by atoms with E-state index in [1.165, 1.54) is 48.8 Å². The van der Waals surface area contributed by atoms with Gasteiger partial charge in [-0.2, -0.15) is 23.3 Å². The summed E-state index contributed by atoms with van der Waals surface area (Å²) in [5.74, 6) is -1.14. The predicted octanol–water partition coefficient (Wildman–Crippen LogP) is 3.24. The summed E-state index contributed by atoms with van der Waals surface area (Å²) in [5, 5.41) is 14.0. The molecule has 0 fully saturated rings. The molecule has 130 valence electrons. The number of carbonyl (C=O) groups is 1. The average molecular weight is 370 g/mol. The van der Waals surface area contributed by atoms with Crippen molar-refractivity contribution in [2.24, 2.45) is 5.10 Å². The van der Waals surface area contributed by atoms with Crippen LogP contribution in [0.4, 0.5) is 13.2 Å². The van der Waals surface area contributed by atoms with E-state index in [0.717, 1.165) is 0 Å². The van der Waals surface area contributed by atoms with Crippen LogP contribution in [0.5, 0.6) is 0 Å². The van der Waals surface area contributed by atoms with Gasteiger partial charge in [0, 0.05) is 18.0 Å². The van der Waals surface area contributed by atoms with Gasteiger partial charge in [0.05, 0.1) is 22.7 Å². The van der Waals surface area contributed by atoms with Crippen LogP contribution in [0.25, 0.3) is 0 Å². The summed E-state index contributed by atoms with van der Waals surface area (Å²) in [6.07, 6.45) is -3.25. The molecule has 3 rings (SSSR count). The smallest absolute Gasteiger partial charge is 0.362 e. The maximum absolute atomic E-state index is 13.5. The Hall–Kier alpha value is -2.45. The Bertz CT molecular complexity index is 842. The topological polar surface area (TPSA) is 65.8 Å². The number of carbonyl (C=O) groups excluding carboxylic acids is 1. The van der Waals surface area contributed by atoms with E-state index in [4.69, 9.17) is 11.6 Å². The second kappa shape index (κ2) is 6.12. The lowest BCUT2D eigenvalue weighted by Crippen LogP contribution is -2.56. The number of pyridine rings is 1. The number of hydrogen-bond acceptors (Lipinski definition) is 4. The third-order valence-electron chi connectivity index (χ3n) is 3.75. The van der Waals surface area contributed by atoms with Crippen molar-refractivity contribution >= 4 is 23.2 Å². The number of halogens is 4. The van der Waals surface area contributed by atoms with Gasteiger partial charge in [-0.25, -0.2) is 0 Å². The van der Waals surface area contributed by atoms with Gasteiger partial charge in [0.25, 0.3) is 11.6 Å². The number of amides is 1. The number of aliphatic hydroxyl groups is 1. The van der Waals surface area contributed by atoms with Crippen LogP contribution in [0, 0.1) is 0 Å². The van der Waals surface area contributed by atoms with Gasteiger partial charge in [0.15, 0.2) is 0 Å². The fourth-order valence-corrected chi connectivity index (χ4v) is 2.65. The van der Waals surface area contributed by atoms with Crippen molar-refractivity contribution in [3.8, 4) is 0 Å². The van der Waals surface area contributed by atoms with E-state index < -0.39 is 24.2 Å². The van der Waals surface area contributed by atoms with Gasteiger partial charge in [0.2, 0.25) is 0 Å². The fourth-order valence-electron chi connectivity index (χ4n) is 2.43. The molecule has 1 aliphatic heterocycles. The molecule has 1 aliphatic rings. The monoisotopic (exact) mass is 369 g/mol. The Morgan fingerprint density at radius 3 is 2.44 bits per heavy atom. The molecule has 5 nitrogen and oxygen atoms in total. The minimum absolute atomic E-state index is 0.0374. The lowest BCUT2D eigenvalue weighted by molar-refractivity contribution is -0.297. The molecule has 1 aromatic heterocycles. The first-order valence-electron chi connectivity index (χ1n) is 7.10. The van der Waals surface area contributed by atoms with Crippen LogP contribution < -0.4 is 0 Å². The van der Waals surface area contributed by atoms with Crippen molar-refractivity contribution < 1.29 is 23.1 Å². The van der Waals surface area contributed by atoms with Crippen molar-refractivity contribution in [2.75, 3.05) is 0 Å². The summed E-state index contributed by atoms with van der Waals surface area (Å²) in [6.45, 7) is 0. The van der Waals surface area contributed by atoms with E-state index in [1.54, 1.807) is 0 Å². The molecule has 1 N–H and O–H groups in total. The number of nitrogens with zero attached hydrogens (tertiary/aromatic N) is 3. The van der Waals surface area contributed by atoms with Crippen LogP contribution in [0.3, 0.4) is 0 Å². The van der Waals surface area contributed by atoms with E-state index in [-0.39, 0.29) is 21.3 Å². The summed E-state index contributed by atoms with van der Waals surface area (Å²) in [7, 11) is 0. The zero-order chi connectivity index (χ0) is 18.2. The molecule has 0 aliphatic carbocycles. The highest BCUT2D eigenvalue weighted by Crippen LogP contribution is 2.42. The molecule has 0 unspecified atom stereocenters. The van der Waals surface area contributed by atoms with Gasteiger partial charge in [-0.1, -0.05) is 23.7 Å². The van der Waals surface area contributed by atoms with Crippen LogP contribution in [0.2, 0.25) is 5.02 Å². The van der Waals surface area contributed by atoms with E-state index in [2.05, 4.69) is 10.1 Å². The largest absolute Gasteiger partial charge is 0.438 e. The molecule has 9 heteroatoms. The molecule has 0 saturated carbocycles. The Morgan fingerprint density at radius 1 is 1.20 bits per heavy atom. The van der Waals surface area contributed by atoms with Gasteiger partial charge in [-0.05, 0) is 24.3 Å². The first-order chi connectivity index (χ1) is 11.7. The van der Waals surface area contributed by atoms with E-state index in [1.807, 2.05) is 0 Å². The molecule has 0 spiro atoms. The SMILES string of the molecule is O=C(c1ccccc1Cl)N1N=C(c2ccncc2)C[C@@]1(O)C(F)(F)F. The first kappa shape index (κ1) is 17.4. The van der Waals surface area contributed by atoms with Crippen molar-refractivity contribution in [1.82, 2.24) is 9.99 Å². The number of benzene rings is 1. The highest BCUT2D eigenvalue weighted by molar-refractivity contribution is 6.33. The molecule has 1 aromatic carbocycles. The van der Waals surface area contributed by atoms with E-state index >= 15 is 0 Å². The molecule has 0 saturated heterocycles. The van der Waals surface area contributed by atoms with Gasteiger partial charge < -0.3 is 5.11 Å². The maximum atomic E-state index is 13.5. The van der Waals surface area contributed by atoms with Gasteiger partial charge in [-0.15, -0.1) is 0 Å². The normalized spacial score (nSPS) is 20.5. The summed E-state index contributed by atoms with van der Waals surface area (Å²) in [4.78, 5) is 16.3. The van der Waals surface area contributed by atoms with Crippen LogP contribution in [-0.2, 0) is 0 Å². The number of aromatic nitrogens is 1. The third-order valence-corrected chi connectivity index (χ3v) is 4.08. The molecular formula is C16H11ClF3N3O2. The summed E-state index contributed by atoms with van der Waals surface area (Å²) < 4.78 is 40.5. The maximum Gasteiger partial charge on any atom is 0.438 e. The molecule has 1 atom stereocenters. The van der Waals surface area contributed by atoms with E-state index in [0.29, 0.717) is 5.56 Å². The first-order valence-corrected chi connectivity index (χ1v) is 7.48. The lowest BCUT2D eigenvalue weighted by atomic mass is 10.0. The second-order valence-electron chi connectivity index (χ2n) is 5.37. The van der Waals surface area contributed by atoms with Gasteiger partial charge in [-0.3, -0.25) is 9.78 Å². The molecule has 2 aromatic rings. The minimum atomic E-state index is -5.11. The Morgan fingerprint density at radius 2 is 1.84 bits per heavy atom. The number of rotatable bonds is 2. The zero-order valence-electron chi connectivity index (χ0n) is 12.5. The number of alkyl halides is 3. The van der Waals surface area contributed by atoms with Crippen LogP contribution in [-0.4, -0.2) is 38.6 Å². The van der Waals surface area contributed by atoms with Crippen LogP contribution in [0.1, 0.15) is 22.3 Å². The Labute approximate surface area is 145 Å². The van der Waals surface area contributed by atoms with Gasteiger partial charge in [0.1, 0.15) is 0 Å². The zero-order valence-corrected chi connectivity index (χ0v) is 13.3. The second-order valence-corrected chi connectivity index (χ2v) is 5.78. The average Bonchev–Trinajstić information content (AvgIpc) is 2.94. The highest BCUT2D eigenvalue weighted by Gasteiger charge is 2.63. The molecular weight excluding hydrogens is 359 g/mol. The Balaban J connectivity index is 2.08. The standard InChI is InChI=1S/C16H11ClF3N3O2/c17-12-4-2-1-3-11(12)14(24)23-15(25,16(18,19)20)9-13(22-23)10-5-7-21-8-6-10/h1-8,25H,9H2/t15-/m1/s1. The van der Waals surface area contributed by atoms with Gasteiger partial charge >= 0.3 is 6.18 Å². The summed E-state index contributed by atoms with van der Waals surface area (Å²) in [6, 6.07) is 8.50. The molecule has 2 heterocycles. The van der Waals surface area contributed by atoms with Crippen molar-refractivity contribution in [2.45, 2.75) is 18.3 Å². The van der Waals surface area contributed by atoms with Crippen molar-refractivity contribution in [3.05, 3.63) is 64.9 Å². The van der Waals surface area contributed by atoms with Crippen molar-refractivity contribution in [3.63, 3.8) is 0 Å². The third kappa shape index (κ3) is 2.98. The number of hydrazone groups is 1. The molecule has 1 amide bonds. The molecule has 25 heavy (non-hydrogen) atoms. The van der Waals surface area contributed by atoms with E-state index in [9.17, 15) is 23.1 Å². The fraction of sp³-hybridized carbons (Fsp3) is 0.188. The highest BCUT2D eigenvalue weighted by atomic mass is 35.5. The summed E-state index contributed by atoms with van der Waals surface area (Å²) in [5.41, 5.74) is -3.40. The summed E-state index contributed by atoms with van der Waals surface area (Å²) >= 11 is 5.89. The predicted molar refractivity (Wildman–Crippen MR) is 84.0 cm³/mol.